The summed E-state index contributed by atoms with van der Waals surface area (Å²) in [4.78, 5) is 0.812. The van der Waals surface area contributed by atoms with E-state index in [2.05, 4.69) is 0 Å². The minimum atomic E-state index is -4.46. The number of benzene rings is 2. The molecule has 144 valence electrons. The fraction of sp³-hybridized carbons (Fsp3) is 0.263. The molecule has 1 aliphatic heterocycles. The number of hydrogen-bond acceptors (Lipinski definition) is 4. The Morgan fingerprint density at radius 3 is 2.19 bits per heavy atom. The molecule has 0 bridgehead atoms. The molecule has 2 aromatic carbocycles. The topological polar surface area (TPSA) is 43.4 Å². The summed E-state index contributed by atoms with van der Waals surface area (Å²) >= 11 is 1.15. The average Bonchev–Trinajstić information content (AvgIpc) is 2.62. The van der Waals surface area contributed by atoms with Crippen LogP contribution in [0.5, 0.6) is 0 Å². The third kappa shape index (κ3) is 5.29. The van der Waals surface area contributed by atoms with Crippen molar-refractivity contribution in [2.75, 3.05) is 5.75 Å². The fourth-order valence-corrected chi connectivity index (χ4v) is 5.06. The number of sulfone groups is 1. The molecule has 0 unspecified atom stereocenters. The first-order chi connectivity index (χ1) is 12.7. The van der Waals surface area contributed by atoms with Crippen LogP contribution in [0.15, 0.2) is 82.3 Å². The van der Waals surface area contributed by atoms with Crippen molar-refractivity contribution in [1.29, 1.82) is 0 Å². The molecule has 1 heterocycles. The Morgan fingerprint density at radius 1 is 1.00 bits per heavy atom. The molecule has 0 radical (unpaired) electrons. The monoisotopic (exact) mass is 414 g/mol. The summed E-state index contributed by atoms with van der Waals surface area (Å²) < 4.78 is 70.6. The van der Waals surface area contributed by atoms with Gasteiger partial charge in [-0.1, -0.05) is 48.2 Å². The van der Waals surface area contributed by atoms with Gasteiger partial charge in [0.2, 0.25) is 0 Å². The predicted molar refractivity (Wildman–Crippen MR) is 97.9 cm³/mol. The standard InChI is InChI=1S/C19H17F3O3S2/c20-19(21,22)14-11-15(13-27(23,24)17-9-5-2-6-10-17)25-18(12-14)26-16-7-3-1-4-8-16/h1-11,14,18H,12-13H2/t14-,18-/m0/s1. The SMILES string of the molecule is O=S(=O)(CC1=C[C@H](C(F)(F)F)C[C@H](Sc2ccccc2)O1)c1ccccc1. The Morgan fingerprint density at radius 2 is 1.59 bits per heavy atom. The van der Waals surface area contributed by atoms with Gasteiger partial charge in [0.1, 0.15) is 16.9 Å². The van der Waals surface area contributed by atoms with Crippen molar-refractivity contribution in [1.82, 2.24) is 0 Å². The molecule has 0 aromatic heterocycles. The second-order valence-electron chi connectivity index (χ2n) is 6.07. The van der Waals surface area contributed by atoms with E-state index >= 15 is 0 Å². The third-order valence-corrected chi connectivity index (χ3v) is 6.73. The molecular weight excluding hydrogens is 397 g/mol. The largest absolute Gasteiger partial charge is 0.483 e. The summed E-state index contributed by atoms with van der Waals surface area (Å²) in [6.07, 6.45) is -3.83. The Kier molecular flexibility index (Phi) is 5.86. The van der Waals surface area contributed by atoms with E-state index in [1.165, 1.54) is 12.1 Å². The number of halogens is 3. The lowest BCUT2D eigenvalue weighted by molar-refractivity contribution is -0.169. The van der Waals surface area contributed by atoms with Crippen molar-refractivity contribution in [3.8, 4) is 0 Å². The van der Waals surface area contributed by atoms with Crippen molar-refractivity contribution in [3.05, 3.63) is 72.5 Å². The van der Waals surface area contributed by atoms with Gasteiger partial charge in [-0.15, -0.1) is 0 Å². The van der Waals surface area contributed by atoms with E-state index in [0.29, 0.717) is 0 Å². The quantitative estimate of drug-likeness (QED) is 0.686. The van der Waals surface area contributed by atoms with Gasteiger partial charge in [-0.05, 0) is 30.3 Å². The lowest BCUT2D eigenvalue weighted by Gasteiger charge is -2.30. The van der Waals surface area contributed by atoms with E-state index in [-0.39, 0.29) is 17.1 Å². The van der Waals surface area contributed by atoms with Gasteiger partial charge in [0, 0.05) is 11.3 Å². The van der Waals surface area contributed by atoms with E-state index in [0.717, 1.165) is 22.7 Å². The van der Waals surface area contributed by atoms with Crippen LogP contribution in [0.1, 0.15) is 6.42 Å². The average molecular weight is 414 g/mol. The molecule has 27 heavy (non-hydrogen) atoms. The highest BCUT2D eigenvalue weighted by Crippen LogP contribution is 2.41. The molecule has 0 amide bonds. The van der Waals surface area contributed by atoms with Crippen molar-refractivity contribution in [2.24, 2.45) is 5.92 Å². The summed E-state index contributed by atoms with van der Waals surface area (Å²) in [6.45, 7) is 0. The number of alkyl halides is 3. The highest BCUT2D eigenvalue weighted by Gasteiger charge is 2.43. The molecule has 2 aromatic rings. The normalized spacial score (nSPS) is 20.6. The lowest BCUT2D eigenvalue weighted by atomic mass is 10.0. The Hall–Kier alpha value is -1.93. The molecule has 0 N–H and O–H groups in total. The first-order valence-corrected chi connectivity index (χ1v) is 10.7. The van der Waals surface area contributed by atoms with Gasteiger partial charge >= 0.3 is 6.18 Å². The zero-order chi connectivity index (χ0) is 19.5. The zero-order valence-corrected chi connectivity index (χ0v) is 15.7. The molecule has 0 saturated carbocycles. The van der Waals surface area contributed by atoms with Gasteiger partial charge in [-0.25, -0.2) is 8.42 Å². The van der Waals surface area contributed by atoms with E-state index < -0.39 is 33.1 Å². The van der Waals surface area contributed by atoms with Gasteiger partial charge < -0.3 is 4.74 Å². The maximum absolute atomic E-state index is 13.3. The minimum absolute atomic E-state index is 0.0518. The molecule has 1 aliphatic rings. The summed E-state index contributed by atoms with van der Waals surface area (Å²) in [5.74, 6) is -2.51. The molecule has 0 fully saturated rings. The number of rotatable bonds is 5. The van der Waals surface area contributed by atoms with Crippen LogP contribution >= 0.6 is 11.8 Å². The summed E-state index contributed by atoms with van der Waals surface area (Å²) in [5, 5.41) is 0. The Balaban J connectivity index is 1.82. The number of thioether (sulfide) groups is 1. The van der Waals surface area contributed by atoms with Crippen LogP contribution < -0.4 is 0 Å². The van der Waals surface area contributed by atoms with Crippen molar-refractivity contribution >= 4 is 21.6 Å². The van der Waals surface area contributed by atoms with Gasteiger partial charge in [0.25, 0.3) is 0 Å². The highest BCUT2D eigenvalue weighted by molar-refractivity contribution is 7.99. The van der Waals surface area contributed by atoms with Crippen LogP contribution in [0.2, 0.25) is 0 Å². The first-order valence-electron chi connectivity index (χ1n) is 8.17. The molecule has 0 spiro atoms. The molecular formula is C19H17F3O3S2. The van der Waals surface area contributed by atoms with Crippen LogP contribution in [-0.2, 0) is 14.6 Å². The number of ether oxygens (including phenoxy) is 1. The minimum Gasteiger partial charge on any atom is -0.483 e. The second-order valence-corrected chi connectivity index (χ2v) is 9.29. The van der Waals surface area contributed by atoms with E-state index in [9.17, 15) is 21.6 Å². The summed E-state index contributed by atoms with van der Waals surface area (Å²) in [7, 11) is -3.79. The van der Waals surface area contributed by atoms with Crippen molar-refractivity contribution < 1.29 is 26.3 Å². The van der Waals surface area contributed by atoms with Crippen LogP contribution in [0.3, 0.4) is 0 Å². The molecule has 3 rings (SSSR count). The van der Waals surface area contributed by atoms with Crippen LogP contribution in [0.4, 0.5) is 13.2 Å². The maximum atomic E-state index is 13.3. The number of allylic oxidation sites excluding steroid dienone is 1. The Bertz CT molecular complexity index is 895. The first kappa shape index (κ1) is 19.8. The molecule has 8 heteroatoms. The predicted octanol–water partition coefficient (Wildman–Crippen LogP) is 5.06. The van der Waals surface area contributed by atoms with Gasteiger partial charge in [-0.3, -0.25) is 0 Å². The number of hydrogen-bond donors (Lipinski definition) is 0. The lowest BCUT2D eigenvalue weighted by Crippen LogP contribution is -2.31. The smallest absolute Gasteiger partial charge is 0.395 e. The van der Waals surface area contributed by atoms with E-state index in [1.54, 1.807) is 42.5 Å². The Labute approximate surface area is 160 Å². The highest BCUT2D eigenvalue weighted by atomic mass is 32.2. The molecule has 0 saturated heterocycles. The van der Waals surface area contributed by atoms with Crippen LogP contribution in [0.25, 0.3) is 0 Å². The molecule has 3 nitrogen and oxygen atoms in total. The third-order valence-electron chi connectivity index (χ3n) is 3.98. The van der Waals surface area contributed by atoms with Crippen LogP contribution in [-0.4, -0.2) is 25.8 Å². The summed E-state index contributed by atoms with van der Waals surface area (Å²) in [6, 6.07) is 16.5. The van der Waals surface area contributed by atoms with Crippen molar-refractivity contribution in [3.63, 3.8) is 0 Å². The van der Waals surface area contributed by atoms with Gasteiger partial charge in [-0.2, -0.15) is 13.2 Å². The van der Waals surface area contributed by atoms with Crippen molar-refractivity contribution in [2.45, 2.75) is 27.8 Å². The second kappa shape index (κ2) is 7.98. The van der Waals surface area contributed by atoms with Gasteiger partial charge in [0.15, 0.2) is 9.84 Å². The summed E-state index contributed by atoms with van der Waals surface area (Å²) in [5.41, 5.74) is -0.815. The zero-order valence-electron chi connectivity index (χ0n) is 14.1. The molecule has 0 aliphatic carbocycles. The fourth-order valence-electron chi connectivity index (χ4n) is 2.69. The van der Waals surface area contributed by atoms with Crippen LogP contribution in [0, 0.1) is 5.92 Å². The molecule has 2 atom stereocenters. The van der Waals surface area contributed by atoms with Gasteiger partial charge in [0.05, 0.1) is 10.8 Å². The van der Waals surface area contributed by atoms with E-state index in [1.807, 2.05) is 6.07 Å². The van der Waals surface area contributed by atoms with E-state index in [4.69, 9.17) is 4.74 Å². The maximum Gasteiger partial charge on any atom is 0.395 e.